The van der Waals surface area contributed by atoms with Crippen LogP contribution < -0.4 is 5.32 Å². The lowest BCUT2D eigenvalue weighted by atomic mass is 9.72. The zero-order valence-corrected chi connectivity index (χ0v) is 16.1. The standard InChI is InChI=1S/C18H27NO4S/c1-17(2,3)10-7-8-11-12(9-10)24-14(13(11)15(20)21)19-16(22)23-18(4,5)6/h10H,7-9H2,1-6H3,(H,19,22)(H,20,21). The maximum atomic E-state index is 12.0. The first kappa shape index (κ1) is 18.8. The van der Waals surface area contributed by atoms with Crippen molar-refractivity contribution in [1.29, 1.82) is 0 Å². The third-order valence-corrected chi connectivity index (χ3v) is 5.49. The number of hydrogen-bond acceptors (Lipinski definition) is 4. The van der Waals surface area contributed by atoms with Gasteiger partial charge in [0.05, 0.1) is 5.56 Å². The molecule has 0 saturated heterocycles. The Morgan fingerprint density at radius 2 is 1.83 bits per heavy atom. The molecule has 1 aliphatic rings. The monoisotopic (exact) mass is 353 g/mol. The third-order valence-electron chi connectivity index (χ3n) is 4.32. The van der Waals surface area contributed by atoms with Gasteiger partial charge >= 0.3 is 12.1 Å². The molecule has 1 heterocycles. The van der Waals surface area contributed by atoms with Crippen molar-refractivity contribution in [3.8, 4) is 0 Å². The van der Waals surface area contributed by atoms with E-state index in [0.29, 0.717) is 10.9 Å². The first-order valence-corrected chi connectivity index (χ1v) is 9.08. The maximum Gasteiger partial charge on any atom is 0.412 e. The highest BCUT2D eigenvalue weighted by atomic mass is 32.1. The van der Waals surface area contributed by atoms with Crippen molar-refractivity contribution in [3.05, 3.63) is 16.0 Å². The molecule has 0 spiro atoms. The normalized spacial score (nSPS) is 18.0. The second kappa shape index (κ2) is 6.39. The van der Waals surface area contributed by atoms with Crippen LogP contribution in [0.1, 0.15) is 68.8 Å². The molecule has 0 bridgehead atoms. The number of carboxylic acids is 1. The van der Waals surface area contributed by atoms with Gasteiger partial charge in [-0.25, -0.2) is 9.59 Å². The average Bonchev–Trinajstić information content (AvgIpc) is 2.71. The van der Waals surface area contributed by atoms with Gasteiger partial charge in [-0.3, -0.25) is 5.32 Å². The van der Waals surface area contributed by atoms with Crippen LogP contribution in [0.5, 0.6) is 0 Å². The van der Waals surface area contributed by atoms with E-state index >= 15 is 0 Å². The van der Waals surface area contributed by atoms with Crippen molar-refractivity contribution in [1.82, 2.24) is 0 Å². The summed E-state index contributed by atoms with van der Waals surface area (Å²) >= 11 is 1.37. The van der Waals surface area contributed by atoms with E-state index in [0.717, 1.165) is 29.7 Å². The number of ether oxygens (including phenoxy) is 1. The second-order valence-electron chi connectivity index (χ2n) is 8.45. The minimum absolute atomic E-state index is 0.184. The highest BCUT2D eigenvalue weighted by Gasteiger charge is 2.34. The highest BCUT2D eigenvalue weighted by Crippen LogP contribution is 2.44. The molecule has 24 heavy (non-hydrogen) atoms. The van der Waals surface area contributed by atoms with E-state index < -0.39 is 17.7 Å². The van der Waals surface area contributed by atoms with E-state index in [9.17, 15) is 14.7 Å². The molecule has 5 nitrogen and oxygen atoms in total. The molecule has 0 saturated carbocycles. The number of aromatic carboxylic acids is 1. The Bertz CT molecular complexity index is 649. The van der Waals surface area contributed by atoms with Gasteiger partial charge < -0.3 is 9.84 Å². The first-order chi connectivity index (χ1) is 10.9. The fourth-order valence-corrected chi connectivity index (χ4v) is 4.34. The van der Waals surface area contributed by atoms with Crippen LogP contribution >= 0.6 is 11.3 Å². The van der Waals surface area contributed by atoms with Crippen LogP contribution in [-0.2, 0) is 17.6 Å². The van der Waals surface area contributed by atoms with Crippen molar-refractivity contribution >= 4 is 28.4 Å². The largest absolute Gasteiger partial charge is 0.478 e. The van der Waals surface area contributed by atoms with Gasteiger partial charge in [0.15, 0.2) is 0 Å². The van der Waals surface area contributed by atoms with Crippen LogP contribution in [0.3, 0.4) is 0 Å². The Morgan fingerprint density at radius 1 is 1.21 bits per heavy atom. The fraction of sp³-hybridized carbons (Fsp3) is 0.667. The molecule has 134 valence electrons. The lowest BCUT2D eigenvalue weighted by molar-refractivity contribution is 0.0636. The Hall–Kier alpha value is -1.56. The van der Waals surface area contributed by atoms with Crippen LogP contribution in [0.15, 0.2) is 0 Å². The van der Waals surface area contributed by atoms with Gasteiger partial charge in [0.25, 0.3) is 0 Å². The first-order valence-electron chi connectivity index (χ1n) is 8.26. The highest BCUT2D eigenvalue weighted by molar-refractivity contribution is 7.17. The molecule has 0 fully saturated rings. The molecule has 1 aromatic rings. The predicted molar refractivity (Wildman–Crippen MR) is 96.1 cm³/mol. The Morgan fingerprint density at radius 3 is 2.33 bits per heavy atom. The number of carboxylic acid groups (broad SMARTS) is 1. The Balaban J connectivity index is 2.29. The van der Waals surface area contributed by atoms with Gasteiger partial charge in [0, 0.05) is 4.88 Å². The molecule has 1 atom stereocenters. The number of carbonyl (C=O) groups excluding carboxylic acids is 1. The smallest absolute Gasteiger partial charge is 0.412 e. The molecule has 2 N–H and O–H groups in total. The number of hydrogen-bond donors (Lipinski definition) is 2. The van der Waals surface area contributed by atoms with Gasteiger partial charge in [0.1, 0.15) is 10.6 Å². The summed E-state index contributed by atoms with van der Waals surface area (Å²) in [5.41, 5.74) is 0.665. The van der Waals surface area contributed by atoms with Crippen molar-refractivity contribution in [3.63, 3.8) is 0 Å². The summed E-state index contributed by atoms with van der Waals surface area (Å²) in [6.45, 7) is 12.0. The predicted octanol–water partition coefficient (Wildman–Crippen LogP) is 4.94. The number of carbonyl (C=O) groups is 2. The minimum Gasteiger partial charge on any atom is -0.478 e. The lowest BCUT2D eigenvalue weighted by Gasteiger charge is -2.33. The maximum absolute atomic E-state index is 12.0. The fourth-order valence-electron chi connectivity index (χ4n) is 3.04. The molecular weight excluding hydrogens is 326 g/mol. The van der Waals surface area contributed by atoms with E-state index in [2.05, 4.69) is 26.1 Å². The van der Waals surface area contributed by atoms with Gasteiger partial charge in [-0.2, -0.15) is 0 Å². The van der Waals surface area contributed by atoms with Crippen LogP contribution in [0.25, 0.3) is 0 Å². The lowest BCUT2D eigenvalue weighted by Crippen LogP contribution is -2.27. The van der Waals surface area contributed by atoms with E-state index in [-0.39, 0.29) is 11.0 Å². The molecule has 1 aliphatic carbocycles. The number of thiophene rings is 1. The number of nitrogens with one attached hydrogen (secondary N) is 1. The molecule has 1 amide bonds. The van der Waals surface area contributed by atoms with Gasteiger partial charge in [-0.05, 0) is 56.9 Å². The Kier molecular flexibility index (Phi) is 5.00. The van der Waals surface area contributed by atoms with Crippen LogP contribution in [-0.4, -0.2) is 22.8 Å². The number of anilines is 1. The SMILES string of the molecule is CC(C)(C)OC(=O)Nc1sc2c(c1C(=O)O)CCC(C(C)(C)C)C2. The second-order valence-corrected chi connectivity index (χ2v) is 9.55. The average molecular weight is 353 g/mol. The van der Waals surface area contributed by atoms with E-state index in [4.69, 9.17) is 4.74 Å². The van der Waals surface area contributed by atoms with E-state index in [1.54, 1.807) is 20.8 Å². The summed E-state index contributed by atoms with van der Waals surface area (Å²) in [7, 11) is 0. The van der Waals surface area contributed by atoms with Gasteiger partial charge in [-0.1, -0.05) is 20.8 Å². The summed E-state index contributed by atoms with van der Waals surface area (Å²) in [6.07, 6.45) is 1.96. The zero-order chi connectivity index (χ0) is 18.3. The molecular formula is C18H27NO4S. The van der Waals surface area contributed by atoms with Crippen molar-refractivity contribution in [2.24, 2.45) is 11.3 Å². The Labute approximate surface area is 147 Å². The molecule has 1 unspecified atom stereocenters. The summed E-state index contributed by atoms with van der Waals surface area (Å²) in [5.74, 6) is -0.479. The van der Waals surface area contributed by atoms with Crippen LogP contribution in [0.2, 0.25) is 0 Å². The molecule has 0 radical (unpaired) electrons. The van der Waals surface area contributed by atoms with Crippen LogP contribution in [0.4, 0.5) is 9.80 Å². The molecule has 0 aromatic carbocycles. The van der Waals surface area contributed by atoms with Gasteiger partial charge in [-0.15, -0.1) is 11.3 Å². The number of amides is 1. The molecule has 1 aromatic heterocycles. The summed E-state index contributed by atoms with van der Waals surface area (Å²) in [5, 5.41) is 12.6. The summed E-state index contributed by atoms with van der Waals surface area (Å²) < 4.78 is 5.25. The molecule has 2 rings (SSSR count). The molecule has 0 aliphatic heterocycles. The van der Waals surface area contributed by atoms with Crippen molar-refractivity contribution in [2.45, 2.75) is 66.4 Å². The van der Waals surface area contributed by atoms with Crippen molar-refractivity contribution < 1.29 is 19.4 Å². The number of fused-ring (bicyclic) bond motifs is 1. The van der Waals surface area contributed by atoms with Crippen LogP contribution in [0, 0.1) is 11.3 Å². The van der Waals surface area contributed by atoms with Crippen molar-refractivity contribution in [2.75, 3.05) is 5.32 Å². The summed E-state index contributed by atoms with van der Waals surface area (Å²) in [6, 6.07) is 0. The topological polar surface area (TPSA) is 75.6 Å². The number of rotatable bonds is 2. The third kappa shape index (κ3) is 4.29. The minimum atomic E-state index is -0.993. The van der Waals surface area contributed by atoms with E-state index in [1.165, 1.54) is 11.3 Å². The quantitative estimate of drug-likeness (QED) is 0.789. The molecule has 6 heteroatoms. The van der Waals surface area contributed by atoms with Gasteiger partial charge in [0.2, 0.25) is 0 Å². The zero-order valence-electron chi connectivity index (χ0n) is 15.3. The summed E-state index contributed by atoms with van der Waals surface area (Å²) in [4.78, 5) is 24.8. The van der Waals surface area contributed by atoms with E-state index in [1.807, 2.05) is 0 Å².